The minimum absolute atomic E-state index is 0.554. The summed E-state index contributed by atoms with van der Waals surface area (Å²) in [5.74, 6) is 9.63. The molecule has 19 heavy (non-hydrogen) atoms. The first kappa shape index (κ1) is 12.7. The van der Waals surface area contributed by atoms with Crippen LogP contribution in [0.5, 0.6) is 0 Å². The predicted octanol–water partition coefficient (Wildman–Crippen LogP) is 2.27. The van der Waals surface area contributed by atoms with Crippen LogP contribution in [-0.4, -0.2) is 23.1 Å². The van der Waals surface area contributed by atoms with Gasteiger partial charge < -0.3 is 10.3 Å². The van der Waals surface area contributed by atoms with Crippen LogP contribution in [0.25, 0.3) is 0 Å². The van der Waals surface area contributed by atoms with Crippen LogP contribution in [0.4, 0.5) is 11.6 Å². The van der Waals surface area contributed by atoms with Crippen molar-refractivity contribution in [2.45, 2.75) is 44.9 Å². The van der Waals surface area contributed by atoms with Gasteiger partial charge in [0.25, 0.3) is 0 Å². The lowest BCUT2D eigenvalue weighted by Crippen LogP contribution is -2.36. The summed E-state index contributed by atoms with van der Waals surface area (Å²) in [7, 11) is 0. The van der Waals surface area contributed by atoms with Gasteiger partial charge in [-0.25, -0.2) is 15.8 Å². The van der Waals surface area contributed by atoms with Crippen LogP contribution in [0.3, 0.4) is 0 Å². The van der Waals surface area contributed by atoms with Crippen molar-refractivity contribution in [1.82, 2.24) is 9.97 Å². The van der Waals surface area contributed by atoms with Crippen LogP contribution in [0.15, 0.2) is 6.07 Å². The number of hydrogen-bond acceptors (Lipinski definition) is 5. The molecule has 1 aliphatic heterocycles. The number of nitrogens with zero attached hydrogens (tertiary/aromatic N) is 3. The van der Waals surface area contributed by atoms with Gasteiger partial charge in [0, 0.05) is 25.1 Å². The molecule has 1 saturated carbocycles. The maximum Gasteiger partial charge on any atom is 0.145 e. The first-order chi connectivity index (χ1) is 9.30. The van der Waals surface area contributed by atoms with Gasteiger partial charge in [-0.15, -0.1) is 0 Å². The summed E-state index contributed by atoms with van der Waals surface area (Å²) >= 11 is 0. The van der Waals surface area contributed by atoms with Gasteiger partial charge in [-0.2, -0.15) is 0 Å². The molecule has 2 heterocycles. The molecule has 0 spiro atoms. The number of hydrazine groups is 1. The van der Waals surface area contributed by atoms with Crippen LogP contribution < -0.4 is 16.2 Å². The SMILES string of the molecule is CCC1CCCN(c2cc(NN)nc(C3CC3)n2)C1. The Balaban J connectivity index is 1.84. The summed E-state index contributed by atoms with van der Waals surface area (Å²) in [6.07, 6.45) is 6.28. The van der Waals surface area contributed by atoms with E-state index < -0.39 is 0 Å². The zero-order chi connectivity index (χ0) is 13.2. The number of aromatic nitrogens is 2. The number of rotatable bonds is 4. The number of nitrogen functional groups attached to an aromatic ring is 1. The Bertz CT molecular complexity index is 443. The summed E-state index contributed by atoms with van der Waals surface area (Å²) in [4.78, 5) is 11.6. The molecule has 0 amide bonds. The fraction of sp³-hybridized carbons (Fsp3) is 0.714. The van der Waals surface area contributed by atoms with E-state index >= 15 is 0 Å². The molecule has 0 radical (unpaired) electrons. The quantitative estimate of drug-likeness (QED) is 0.643. The van der Waals surface area contributed by atoms with E-state index in [2.05, 4.69) is 22.2 Å². The first-order valence-electron chi connectivity index (χ1n) is 7.40. The number of anilines is 2. The maximum absolute atomic E-state index is 5.53. The zero-order valence-electron chi connectivity index (χ0n) is 11.6. The van der Waals surface area contributed by atoms with Crippen molar-refractivity contribution in [1.29, 1.82) is 0 Å². The Morgan fingerprint density at radius 3 is 2.89 bits per heavy atom. The van der Waals surface area contributed by atoms with E-state index in [0.29, 0.717) is 5.92 Å². The standard InChI is InChI=1S/C14H23N5/c1-2-10-4-3-7-19(9-10)13-8-12(18-15)16-14(17-13)11-5-6-11/h8,10-11H,2-7,9,15H2,1H3,(H,16,17,18). The van der Waals surface area contributed by atoms with Crippen molar-refractivity contribution < 1.29 is 0 Å². The molecule has 1 aliphatic carbocycles. The third kappa shape index (κ3) is 2.81. The van der Waals surface area contributed by atoms with Gasteiger partial charge in [-0.3, -0.25) is 0 Å². The average molecular weight is 261 g/mol. The van der Waals surface area contributed by atoms with E-state index in [1.807, 2.05) is 6.07 Å². The highest BCUT2D eigenvalue weighted by atomic mass is 15.3. The maximum atomic E-state index is 5.53. The Morgan fingerprint density at radius 1 is 1.37 bits per heavy atom. The van der Waals surface area contributed by atoms with Gasteiger partial charge in [0.15, 0.2) is 0 Å². The van der Waals surface area contributed by atoms with Gasteiger partial charge >= 0.3 is 0 Å². The molecule has 2 fully saturated rings. The Kier molecular flexibility index (Phi) is 3.55. The lowest BCUT2D eigenvalue weighted by atomic mass is 9.96. The van der Waals surface area contributed by atoms with E-state index in [1.165, 1.54) is 32.1 Å². The third-order valence-electron chi connectivity index (χ3n) is 4.24. The van der Waals surface area contributed by atoms with E-state index in [1.54, 1.807) is 0 Å². The van der Waals surface area contributed by atoms with Crippen LogP contribution >= 0.6 is 0 Å². The minimum Gasteiger partial charge on any atom is -0.356 e. The summed E-state index contributed by atoms with van der Waals surface area (Å²) < 4.78 is 0. The van der Waals surface area contributed by atoms with Gasteiger partial charge in [0.1, 0.15) is 17.5 Å². The smallest absolute Gasteiger partial charge is 0.145 e. The number of nitrogens with one attached hydrogen (secondary N) is 1. The van der Waals surface area contributed by atoms with E-state index in [9.17, 15) is 0 Å². The second-order valence-electron chi connectivity index (χ2n) is 5.75. The molecule has 3 rings (SSSR count). The van der Waals surface area contributed by atoms with Gasteiger partial charge in [-0.1, -0.05) is 13.3 Å². The highest BCUT2D eigenvalue weighted by Crippen LogP contribution is 2.39. The Hall–Kier alpha value is -1.36. The summed E-state index contributed by atoms with van der Waals surface area (Å²) in [5, 5.41) is 0. The number of nitrogens with two attached hydrogens (primary N) is 1. The molecule has 0 bridgehead atoms. The molecule has 5 heteroatoms. The van der Waals surface area contributed by atoms with Crippen molar-refractivity contribution in [2.75, 3.05) is 23.4 Å². The van der Waals surface area contributed by atoms with E-state index in [-0.39, 0.29) is 0 Å². The molecular formula is C14H23N5. The lowest BCUT2D eigenvalue weighted by Gasteiger charge is -2.33. The normalized spacial score (nSPS) is 23.5. The van der Waals surface area contributed by atoms with Gasteiger partial charge in [0.05, 0.1) is 0 Å². The Labute approximate surface area is 114 Å². The van der Waals surface area contributed by atoms with Crippen molar-refractivity contribution in [3.8, 4) is 0 Å². The summed E-state index contributed by atoms with van der Waals surface area (Å²) in [5.41, 5.74) is 2.68. The molecule has 1 atom stereocenters. The number of piperidine rings is 1. The summed E-state index contributed by atoms with van der Waals surface area (Å²) in [6, 6.07) is 1.98. The van der Waals surface area contributed by atoms with Gasteiger partial charge in [0.2, 0.25) is 0 Å². The summed E-state index contributed by atoms with van der Waals surface area (Å²) in [6.45, 7) is 4.49. The lowest BCUT2D eigenvalue weighted by molar-refractivity contribution is 0.402. The Morgan fingerprint density at radius 2 is 2.21 bits per heavy atom. The molecular weight excluding hydrogens is 238 g/mol. The predicted molar refractivity (Wildman–Crippen MR) is 77.0 cm³/mol. The van der Waals surface area contributed by atoms with Crippen molar-refractivity contribution in [2.24, 2.45) is 11.8 Å². The van der Waals surface area contributed by atoms with Crippen molar-refractivity contribution in [3.63, 3.8) is 0 Å². The largest absolute Gasteiger partial charge is 0.356 e. The second-order valence-corrected chi connectivity index (χ2v) is 5.75. The molecule has 2 aliphatic rings. The zero-order valence-corrected chi connectivity index (χ0v) is 11.6. The molecule has 1 saturated heterocycles. The highest BCUT2D eigenvalue weighted by Gasteiger charge is 2.28. The fourth-order valence-electron chi connectivity index (χ4n) is 2.82. The van der Waals surface area contributed by atoms with Crippen LogP contribution in [0.2, 0.25) is 0 Å². The van der Waals surface area contributed by atoms with Crippen LogP contribution in [0, 0.1) is 5.92 Å². The molecule has 104 valence electrons. The third-order valence-corrected chi connectivity index (χ3v) is 4.24. The molecule has 5 nitrogen and oxygen atoms in total. The average Bonchev–Trinajstić information content (AvgIpc) is 3.31. The monoisotopic (exact) mass is 261 g/mol. The number of hydrogen-bond donors (Lipinski definition) is 2. The first-order valence-corrected chi connectivity index (χ1v) is 7.40. The molecule has 1 aromatic heterocycles. The van der Waals surface area contributed by atoms with Crippen LogP contribution in [-0.2, 0) is 0 Å². The second kappa shape index (κ2) is 5.33. The van der Waals surface area contributed by atoms with E-state index in [4.69, 9.17) is 10.8 Å². The fourth-order valence-corrected chi connectivity index (χ4v) is 2.82. The van der Waals surface area contributed by atoms with Gasteiger partial charge in [-0.05, 0) is 31.6 Å². The molecule has 3 N–H and O–H groups in total. The molecule has 1 unspecified atom stereocenters. The van der Waals surface area contributed by atoms with Crippen molar-refractivity contribution >= 4 is 11.6 Å². The van der Waals surface area contributed by atoms with Crippen LogP contribution in [0.1, 0.15) is 50.8 Å². The van der Waals surface area contributed by atoms with Crippen molar-refractivity contribution in [3.05, 3.63) is 11.9 Å². The minimum atomic E-state index is 0.554. The molecule has 1 aromatic rings. The van der Waals surface area contributed by atoms with E-state index in [0.717, 1.165) is 36.5 Å². The highest BCUT2D eigenvalue weighted by molar-refractivity contribution is 5.49. The topological polar surface area (TPSA) is 67.1 Å². The molecule has 0 aromatic carbocycles.